The molecule has 0 aliphatic carbocycles. The van der Waals surface area contributed by atoms with Crippen molar-refractivity contribution in [2.75, 3.05) is 19.0 Å². The second-order valence-electron chi connectivity index (χ2n) is 3.94. The summed E-state index contributed by atoms with van der Waals surface area (Å²) < 4.78 is 10.8. The van der Waals surface area contributed by atoms with E-state index in [9.17, 15) is 0 Å². The van der Waals surface area contributed by atoms with Gasteiger partial charge in [0.1, 0.15) is 5.75 Å². The van der Waals surface area contributed by atoms with Crippen molar-refractivity contribution < 1.29 is 9.47 Å². The van der Waals surface area contributed by atoms with Crippen molar-refractivity contribution in [3.63, 3.8) is 0 Å². The Morgan fingerprint density at radius 1 is 1.20 bits per heavy atom. The lowest BCUT2D eigenvalue weighted by molar-refractivity contribution is 0.304. The van der Waals surface area contributed by atoms with Crippen molar-refractivity contribution in [3.05, 3.63) is 28.8 Å². The highest BCUT2D eigenvalue weighted by atomic mass is 35.5. The Hall–Kier alpha value is -2.08. The van der Waals surface area contributed by atoms with E-state index < -0.39 is 0 Å². The van der Waals surface area contributed by atoms with Crippen molar-refractivity contribution in [3.8, 4) is 17.8 Å². The predicted molar refractivity (Wildman–Crippen MR) is 76.8 cm³/mol. The van der Waals surface area contributed by atoms with Crippen LogP contribution in [0.2, 0.25) is 5.02 Å². The molecule has 2 rings (SSSR count). The molecule has 0 radical (unpaired) electrons. The van der Waals surface area contributed by atoms with Crippen molar-refractivity contribution in [1.29, 1.82) is 0 Å². The molecule has 0 unspecified atom stereocenters. The van der Waals surface area contributed by atoms with E-state index >= 15 is 0 Å². The lowest BCUT2D eigenvalue weighted by Gasteiger charge is -2.09. The SMILES string of the molecule is CCOc1nc(NC)nc(Oc2ccc(C)cc2Cl)n1. The maximum absolute atomic E-state index is 6.11. The molecule has 0 spiro atoms. The number of anilines is 1. The molecule has 0 fully saturated rings. The van der Waals surface area contributed by atoms with Crippen LogP contribution in [0.3, 0.4) is 0 Å². The van der Waals surface area contributed by atoms with Gasteiger partial charge in [-0.15, -0.1) is 4.98 Å². The molecule has 0 amide bonds. The van der Waals surface area contributed by atoms with Crippen molar-refractivity contribution in [2.45, 2.75) is 13.8 Å². The highest BCUT2D eigenvalue weighted by molar-refractivity contribution is 6.32. The Labute approximate surface area is 122 Å². The lowest BCUT2D eigenvalue weighted by Crippen LogP contribution is -2.05. The Morgan fingerprint density at radius 2 is 1.95 bits per heavy atom. The van der Waals surface area contributed by atoms with Gasteiger partial charge in [-0.05, 0) is 31.5 Å². The summed E-state index contributed by atoms with van der Waals surface area (Å²) in [6, 6.07) is 5.79. The standard InChI is InChI=1S/C13H15ClN4O2/c1-4-19-12-16-11(15-3)17-13(18-12)20-10-6-5-8(2)7-9(10)14/h5-7H,4H2,1-3H3,(H,15,16,17,18). The van der Waals surface area contributed by atoms with Gasteiger partial charge in [0.25, 0.3) is 0 Å². The third kappa shape index (κ3) is 3.48. The van der Waals surface area contributed by atoms with Gasteiger partial charge in [0.05, 0.1) is 11.6 Å². The zero-order valence-corrected chi connectivity index (χ0v) is 12.2. The fraction of sp³-hybridized carbons (Fsp3) is 0.308. The summed E-state index contributed by atoms with van der Waals surface area (Å²) in [5.41, 5.74) is 1.05. The summed E-state index contributed by atoms with van der Waals surface area (Å²) in [7, 11) is 1.70. The number of halogens is 1. The van der Waals surface area contributed by atoms with E-state index in [1.165, 1.54) is 0 Å². The first-order valence-electron chi connectivity index (χ1n) is 6.13. The van der Waals surface area contributed by atoms with Gasteiger partial charge >= 0.3 is 12.0 Å². The molecule has 7 heteroatoms. The number of hydrogen-bond acceptors (Lipinski definition) is 6. The molecule has 1 heterocycles. The van der Waals surface area contributed by atoms with Crippen LogP contribution in [0.15, 0.2) is 18.2 Å². The van der Waals surface area contributed by atoms with E-state index in [-0.39, 0.29) is 12.0 Å². The maximum Gasteiger partial charge on any atom is 0.330 e. The van der Waals surface area contributed by atoms with Crippen LogP contribution < -0.4 is 14.8 Å². The van der Waals surface area contributed by atoms with Gasteiger partial charge < -0.3 is 14.8 Å². The van der Waals surface area contributed by atoms with Gasteiger partial charge in [0.15, 0.2) is 0 Å². The zero-order chi connectivity index (χ0) is 14.5. The number of ether oxygens (including phenoxy) is 2. The van der Waals surface area contributed by atoms with Gasteiger partial charge in [-0.25, -0.2) is 0 Å². The molecule has 1 aromatic heterocycles. The molecule has 106 valence electrons. The second-order valence-corrected chi connectivity index (χ2v) is 4.35. The van der Waals surface area contributed by atoms with Crippen LogP contribution in [0, 0.1) is 6.92 Å². The normalized spacial score (nSPS) is 10.2. The summed E-state index contributed by atoms with van der Waals surface area (Å²) in [4.78, 5) is 12.2. The summed E-state index contributed by atoms with van der Waals surface area (Å²) in [6.07, 6.45) is 0. The highest BCUT2D eigenvalue weighted by Crippen LogP contribution is 2.29. The third-order valence-corrected chi connectivity index (χ3v) is 2.68. The minimum atomic E-state index is 0.124. The van der Waals surface area contributed by atoms with E-state index in [0.717, 1.165) is 5.56 Å². The first-order chi connectivity index (χ1) is 9.62. The Morgan fingerprint density at radius 3 is 2.60 bits per heavy atom. The summed E-state index contributed by atoms with van der Waals surface area (Å²) in [6.45, 7) is 4.25. The Bertz CT molecular complexity index is 607. The number of hydrogen-bond donors (Lipinski definition) is 1. The van der Waals surface area contributed by atoms with Crippen LogP contribution in [0.5, 0.6) is 17.8 Å². The number of rotatable bonds is 5. The molecule has 0 atom stereocenters. The fourth-order valence-corrected chi connectivity index (χ4v) is 1.75. The van der Waals surface area contributed by atoms with Gasteiger partial charge in [-0.2, -0.15) is 9.97 Å². The third-order valence-electron chi connectivity index (χ3n) is 2.38. The Balaban J connectivity index is 2.29. The van der Waals surface area contributed by atoms with Crippen molar-refractivity contribution >= 4 is 17.5 Å². The molecule has 0 saturated carbocycles. The monoisotopic (exact) mass is 294 g/mol. The molecule has 0 aliphatic heterocycles. The molecule has 1 N–H and O–H groups in total. The molecule has 2 aromatic rings. The Kier molecular flexibility index (Phi) is 4.57. The molecular weight excluding hydrogens is 280 g/mol. The maximum atomic E-state index is 6.11. The van der Waals surface area contributed by atoms with Gasteiger partial charge in [-0.3, -0.25) is 0 Å². The second kappa shape index (κ2) is 6.38. The van der Waals surface area contributed by atoms with Crippen molar-refractivity contribution in [1.82, 2.24) is 15.0 Å². The molecule has 1 aromatic carbocycles. The summed E-state index contributed by atoms with van der Waals surface area (Å²) in [5, 5.41) is 3.32. The van der Waals surface area contributed by atoms with E-state index in [1.54, 1.807) is 19.2 Å². The quantitative estimate of drug-likeness (QED) is 0.914. The van der Waals surface area contributed by atoms with Gasteiger partial charge in [0.2, 0.25) is 5.95 Å². The number of nitrogens with one attached hydrogen (secondary N) is 1. The van der Waals surface area contributed by atoms with Crippen molar-refractivity contribution in [2.24, 2.45) is 0 Å². The van der Waals surface area contributed by atoms with E-state index in [4.69, 9.17) is 21.1 Å². The van der Waals surface area contributed by atoms with E-state index in [1.807, 2.05) is 19.9 Å². The average Bonchev–Trinajstić information content (AvgIpc) is 2.42. The number of benzene rings is 1. The van der Waals surface area contributed by atoms with E-state index in [0.29, 0.717) is 23.3 Å². The van der Waals surface area contributed by atoms with E-state index in [2.05, 4.69) is 20.3 Å². The van der Waals surface area contributed by atoms with Crippen LogP contribution in [0.25, 0.3) is 0 Å². The number of aryl methyl sites for hydroxylation is 1. The number of nitrogens with zero attached hydrogens (tertiary/aromatic N) is 3. The molecule has 20 heavy (non-hydrogen) atoms. The topological polar surface area (TPSA) is 69.2 Å². The minimum Gasteiger partial charge on any atom is -0.464 e. The largest absolute Gasteiger partial charge is 0.464 e. The fourth-order valence-electron chi connectivity index (χ4n) is 1.48. The highest BCUT2D eigenvalue weighted by Gasteiger charge is 2.10. The predicted octanol–water partition coefficient (Wildman–Crippen LogP) is 3.07. The van der Waals surface area contributed by atoms with Crippen LogP contribution in [0.1, 0.15) is 12.5 Å². The van der Waals surface area contributed by atoms with Crippen LogP contribution in [-0.4, -0.2) is 28.6 Å². The van der Waals surface area contributed by atoms with Crippen LogP contribution >= 0.6 is 11.6 Å². The molecule has 0 aliphatic rings. The summed E-state index contributed by atoms with van der Waals surface area (Å²) >= 11 is 6.11. The molecule has 0 saturated heterocycles. The molecule has 6 nitrogen and oxygen atoms in total. The average molecular weight is 295 g/mol. The van der Waals surface area contributed by atoms with Crippen LogP contribution in [0.4, 0.5) is 5.95 Å². The minimum absolute atomic E-state index is 0.124. The first-order valence-corrected chi connectivity index (χ1v) is 6.50. The van der Waals surface area contributed by atoms with Crippen LogP contribution in [-0.2, 0) is 0 Å². The zero-order valence-electron chi connectivity index (χ0n) is 11.5. The summed E-state index contributed by atoms with van der Waals surface area (Å²) in [5.74, 6) is 0.842. The first kappa shape index (κ1) is 14.3. The van der Waals surface area contributed by atoms with Gasteiger partial charge in [0, 0.05) is 7.05 Å². The lowest BCUT2D eigenvalue weighted by atomic mass is 10.2. The number of aromatic nitrogens is 3. The molecular formula is C13H15ClN4O2. The molecule has 0 bridgehead atoms. The van der Waals surface area contributed by atoms with Gasteiger partial charge in [-0.1, -0.05) is 17.7 Å². The smallest absolute Gasteiger partial charge is 0.330 e.